The van der Waals surface area contributed by atoms with Gasteiger partial charge in [-0.25, -0.2) is 4.98 Å². The van der Waals surface area contributed by atoms with E-state index in [-0.39, 0.29) is 5.82 Å². The molecule has 1 heterocycles. The van der Waals surface area contributed by atoms with Crippen molar-refractivity contribution >= 4 is 5.97 Å². The van der Waals surface area contributed by atoms with Gasteiger partial charge >= 0.3 is 5.97 Å². The minimum atomic E-state index is -0.941. The van der Waals surface area contributed by atoms with Gasteiger partial charge < -0.3 is 9.84 Å². The predicted molar refractivity (Wildman–Crippen MR) is 78.6 cm³/mol. The largest absolute Gasteiger partial charge is 0.481 e. The number of ether oxygens (including phenoxy) is 1. The Hall–Kier alpha value is -2.43. The summed E-state index contributed by atoms with van der Waals surface area (Å²) in [7, 11) is 1.50. The molecule has 1 aromatic carbocycles. The van der Waals surface area contributed by atoms with E-state index in [2.05, 4.69) is 9.97 Å². The third-order valence-electron chi connectivity index (χ3n) is 3.19. The zero-order chi connectivity index (χ0) is 15.4. The summed E-state index contributed by atoms with van der Waals surface area (Å²) in [5.74, 6) is -1.07. The van der Waals surface area contributed by atoms with E-state index < -0.39 is 11.9 Å². The number of carbonyl (C=O) groups is 1. The summed E-state index contributed by atoms with van der Waals surface area (Å²) in [6, 6.07) is 9.46. The molecule has 0 aliphatic rings. The van der Waals surface area contributed by atoms with Crippen LogP contribution in [0, 0.1) is 13.8 Å². The maximum Gasteiger partial charge on any atom is 0.314 e. The second-order valence-corrected chi connectivity index (χ2v) is 4.99. The van der Waals surface area contributed by atoms with Crippen LogP contribution in [0.3, 0.4) is 0 Å². The lowest BCUT2D eigenvalue weighted by Crippen LogP contribution is -2.18. The SMILES string of the molecule is COc1cc(C)nc(C(Cc2cccc(C)c2)C(=O)O)n1. The molecule has 0 bridgehead atoms. The molecule has 0 spiro atoms. The van der Waals surface area contributed by atoms with Gasteiger partial charge in [-0.1, -0.05) is 29.8 Å². The standard InChI is InChI=1S/C16H18N2O3/c1-10-5-4-6-12(7-10)9-13(16(19)20)15-17-11(2)8-14(18-15)21-3/h4-8,13H,9H2,1-3H3,(H,19,20). The van der Waals surface area contributed by atoms with E-state index in [1.807, 2.05) is 31.2 Å². The maximum absolute atomic E-state index is 11.6. The van der Waals surface area contributed by atoms with Crippen LogP contribution < -0.4 is 4.74 Å². The molecule has 2 aromatic rings. The van der Waals surface area contributed by atoms with Crippen molar-refractivity contribution in [3.63, 3.8) is 0 Å². The molecular formula is C16H18N2O3. The van der Waals surface area contributed by atoms with E-state index in [0.29, 0.717) is 18.0 Å². The van der Waals surface area contributed by atoms with Crippen molar-refractivity contribution in [1.29, 1.82) is 0 Å². The summed E-state index contributed by atoms with van der Waals surface area (Å²) in [5, 5.41) is 9.49. The third kappa shape index (κ3) is 3.78. The first kappa shape index (κ1) is 15.0. The summed E-state index contributed by atoms with van der Waals surface area (Å²) >= 11 is 0. The van der Waals surface area contributed by atoms with Crippen LogP contribution >= 0.6 is 0 Å². The fraction of sp³-hybridized carbons (Fsp3) is 0.312. The second-order valence-electron chi connectivity index (χ2n) is 4.99. The Bertz CT molecular complexity index is 656. The highest BCUT2D eigenvalue weighted by atomic mass is 16.5. The molecule has 5 heteroatoms. The number of carboxylic acid groups (broad SMARTS) is 1. The van der Waals surface area contributed by atoms with Crippen molar-refractivity contribution < 1.29 is 14.6 Å². The number of aliphatic carboxylic acids is 1. The molecule has 5 nitrogen and oxygen atoms in total. The molecule has 2 rings (SSSR count). The van der Waals surface area contributed by atoms with Crippen LogP contribution in [-0.4, -0.2) is 28.2 Å². The molecule has 0 saturated heterocycles. The van der Waals surface area contributed by atoms with Crippen molar-refractivity contribution in [1.82, 2.24) is 9.97 Å². The molecule has 1 atom stereocenters. The second kappa shape index (κ2) is 6.35. The molecule has 21 heavy (non-hydrogen) atoms. The number of nitrogens with zero attached hydrogens (tertiary/aromatic N) is 2. The summed E-state index contributed by atoms with van der Waals surface area (Å²) < 4.78 is 5.09. The van der Waals surface area contributed by atoms with Gasteiger partial charge in [0.2, 0.25) is 5.88 Å². The Balaban J connectivity index is 2.35. The lowest BCUT2D eigenvalue weighted by atomic mass is 9.97. The Labute approximate surface area is 123 Å². The predicted octanol–water partition coefficient (Wildman–Crippen LogP) is 2.51. The van der Waals surface area contributed by atoms with E-state index in [4.69, 9.17) is 4.74 Å². The summed E-state index contributed by atoms with van der Waals surface area (Å²) in [6.45, 7) is 3.77. The first-order valence-electron chi connectivity index (χ1n) is 6.67. The fourth-order valence-electron chi connectivity index (χ4n) is 2.19. The number of benzene rings is 1. The first-order chi connectivity index (χ1) is 9.99. The van der Waals surface area contributed by atoms with Gasteiger partial charge in [0.05, 0.1) is 7.11 Å². The van der Waals surface area contributed by atoms with Crippen molar-refractivity contribution in [2.45, 2.75) is 26.2 Å². The summed E-state index contributed by atoms with van der Waals surface area (Å²) in [5.41, 5.74) is 2.73. The van der Waals surface area contributed by atoms with Gasteiger partial charge in [0, 0.05) is 11.8 Å². The summed E-state index contributed by atoms with van der Waals surface area (Å²) in [4.78, 5) is 20.0. The third-order valence-corrected chi connectivity index (χ3v) is 3.19. The summed E-state index contributed by atoms with van der Waals surface area (Å²) in [6.07, 6.45) is 0.351. The van der Waals surface area contributed by atoms with E-state index in [1.54, 1.807) is 13.0 Å². The molecule has 0 aliphatic carbocycles. The van der Waals surface area contributed by atoms with Crippen molar-refractivity contribution in [2.75, 3.05) is 7.11 Å². The van der Waals surface area contributed by atoms with Crippen LogP contribution in [-0.2, 0) is 11.2 Å². The fourth-order valence-corrected chi connectivity index (χ4v) is 2.19. The molecule has 0 amide bonds. The molecule has 1 unspecified atom stereocenters. The molecule has 0 aliphatic heterocycles. The Morgan fingerprint density at radius 1 is 1.29 bits per heavy atom. The average Bonchev–Trinajstić information content (AvgIpc) is 2.43. The van der Waals surface area contributed by atoms with Gasteiger partial charge in [-0.05, 0) is 25.8 Å². The monoisotopic (exact) mass is 286 g/mol. The van der Waals surface area contributed by atoms with Gasteiger partial charge in [-0.15, -0.1) is 0 Å². The quantitative estimate of drug-likeness (QED) is 0.914. The van der Waals surface area contributed by atoms with Gasteiger partial charge in [-0.2, -0.15) is 4.98 Å². The number of rotatable bonds is 5. The zero-order valence-corrected chi connectivity index (χ0v) is 12.3. The zero-order valence-electron chi connectivity index (χ0n) is 12.3. The van der Waals surface area contributed by atoms with Crippen LogP contribution in [0.25, 0.3) is 0 Å². The number of aromatic nitrogens is 2. The minimum Gasteiger partial charge on any atom is -0.481 e. The van der Waals surface area contributed by atoms with E-state index in [9.17, 15) is 9.90 Å². The number of hydrogen-bond acceptors (Lipinski definition) is 4. The van der Waals surface area contributed by atoms with Gasteiger partial charge in [0.15, 0.2) is 0 Å². The lowest BCUT2D eigenvalue weighted by molar-refractivity contribution is -0.139. The highest BCUT2D eigenvalue weighted by molar-refractivity contribution is 5.75. The van der Waals surface area contributed by atoms with Crippen molar-refractivity contribution in [2.24, 2.45) is 0 Å². The van der Waals surface area contributed by atoms with Gasteiger partial charge in [-0.3, -0.25) is 4.79 Å². The topological polar surface area (TPSA) is 72.3 Å². The van der Waals surface area contributed by atoms with Crippen LogP contribution in [0.1, 0.15) is 28.6 Å². The Morgan fingerprint density at radius 2 is 2.05 bits per heavy atom. The van der Waals surface area contributed by atoms with Crippen LogP contribution in [0.15, 0.2) is 30.3 Å². The normalized spacial score (nSPS) is 12.0. The van der Waals surface area contributed by atoms with Crippen LogP contribution in [0.5, 0.6) is 5.88 Å². The van der Waals surface area contributed by atoms with Gasteiger partial charge in [0.1, 0.15) is 11.7 Å². The Morgan fingerprint density at radius 3 is 2.67 bits per heavy atom. The molecule has 0 radical (unpaired) electrons. The van der Waals surface area contributed by atoms with E-state index >= 15 is 0 Å². The van der Waals surface area contributed by atoms with Crippen molar-refractivity contribution in [3.8, 4) is 5.88 Å². The van der Waals surface area contributed by atoms with Crippen LogP contribution in [0.2, 0.25) is 0 Å². The number of hydrogen-bond donors (Lipinski definition) is 1. The highest BCUT2D eigenvalue weighted by Crippen LogP contribution is 2.21. The highest BCUT2D eigenvalue weighted by Gasteiger charge is 2.24. The molecule has 1 N–H and O–H groups in total. The van der Waals surface area contributed by atoms with Crippen LogP contribution in [0.4, 0.5) is 0 Å². The first-order valence-corrected chi connectivity index (χ1v) is 6.67. The molecule has 0 fully saturated rings. The number of aryl methyl sites for hydroxylation is 2. The average molecular weight is 286 g/mol. The number of carboxylic acids is 1. The smallest absolute Gasteiger partial charge is 0.314 e. The van der Waals surface area contributed by atoms with E-state index in [0.717, 1.165) is 11.1 Å². The molecule has 110 valence electrons. The van der Waals surface area contributed by atoms with Gasteiger partial charge in [0.25, 0.3) is 0 Å². The molecular weight excluding hydrogens is 268 g/mol. The number of methoxy groups -OCH3 is 1. The maximum atomic E-state index is 11.6. The Kier molecular flexibility index (Phi) is 4.52. The molecule has 1 aromatic heterocycles. The minimum absolute atomic E-state index is 0.279. The van der Waals surface area contributed by atoms with E-state index in [1.165, 1.54) is 7.11 Å². The molecule has 0 saturated carbocycles. The lowest BCUT2D eigenvalue weighted by Gasteiger charge is -2.13. The van der Waals surface area contributed by atoms with Crippen molar-refractivity contribution in [3.05, 3.63) is 53.0 Å².